The Morgan fingerprint density at radius 3 is 2.45 bits per heavy atom. The number of carbonyl (C=O) groups excluding carboxylic acids is 2. The van der Waals surface area contributed by atoms with E-state index in [4.69, 9.17) is 16.7 Å². The second-order valence-electron chi connectivity index (χ2n) is 11.9. The van der Waals surface area contributed by atoms with Crippen LogP contribution in [0.3, 0.4) is 0 Å². The Balaban J connectivity index is 1.59. The van der Waals surface area contributed by atoms with Gasteiger partial charge >= 0.3 is 24.5 Å². The van der Waals surface area contributed by atoms with E-state index in [1.54, 1.807) is 30.3 Å². The number of nitrogens with one attached hydrogen (secondary N) is 3. The van der Waals surface area contributed by atoms with Crippen LogP contribution < -0.4 is 20.7 Å². The Bertz CT molecular complexity index is 1580. The predicted molar refractivity (Wildman–Crippen MR) is 170 cm³/mol. The van der Waals surface area contributed by atoms with Gasteiger partial charge in [0.15, 0.2) is 0 Å². The lowest BCUT2D eigenvalue weighted by Crippen LogP contribution is -2.54. The summed E-state index contributed by atoms with van der Waals surface area (Å²) in [6, 6.07) is 12.8. The molecule has 0 radical (unpaired) electrons. The molecule has 0 bridgehead atoms. The maximum Gasteiger partial charge on any atom is 0.461 e. The quantitative estimate of drug-likeness (QED) is 0.0954. The van der Waals surface area contributed by atoms with Gasteiger partial charge in [0, 0.05) is 43.6 Å². The molecular weight excluding hydrogens is 675 g/mol. The van der Waals surface area contributed by atoms with Crippen LogP contribution in [0.2, 0.25) is 5.02 Å². The van der Waals surface area contributed by atoms with Gasteiger partial charge in [-0.1, -0.05) is 48.4 Å². The molecule has 0 unspecified atom stereocenters. The highest BCUT2D eigenvalue weighted by molar-refractivity contribution is 6.30. The highest BCUT2D eigenvalue weighted by Gasteiger charge is 2.45. The van der Waals surface area contributed by atoms with Crippen molar-refractivity contribution in [3.8, 4) is 5.75 Å². The number of aliphatic carboxylic acids is 1. The number of amides is 3. The van der Waals surface area contributed by atoms with Gasteiger partial charge in [-0.05, 0) is 67.5 Å². The summed E-state index contributed by atoms with van der Waals surface area (Å²) in [5, 5.41) is 17.5. The van der Waals surface area contributed by atoms with Crippen LogP contribution in [-0.2, 0) is 21.5 Å². The number of carbonyl (C=O) groups is 3. The molecule has 1 aliphatic rings. The van der Waals surface area contributed by atoms with Gasteiger partial charge in [-0.25, -0.2) is 9.18 Å². The fourth-order valence-corrected chi connectivity index (χ4v) is 5.93. The summed E-state index contributed by atoms with van der Waals surface area (Å²) in [6.45, 7) is 0.395. The smallest absolute Gasteiger partial charge is 0.461 e. The molecule has 0 aliphatic heterocycles. The van der Waals surface area contributed by atoms with Crippen LogP contribution in [0.1, 0.15) is 61.8 Å². The number of hydrogen-bond donors (Lipinski definition) is 4. The minimum Gasteiger partial charge on any atom is -0.481 e. The molecule has 2 aromatic carbocycles. The number of rotatable bonds is 16. The lowest BCUT2D eigenvalue weighted by atomic mass is 9.80. The minimum atomic E-state index is -4.93. The fraction of sp³-hybridized carbons (Fsp3) is 0.412. The predicted octanol–water partition coefficient (Wildman–Crippen LogP) is 6.83. The van der Waals surface area contributed by atoms with E-state index >= 15 is 4.39 Å². The maximum atomic E-state index is 15.1. The van der Waals surface area contributed by atoms with E-state index in [2.05, 4.69) is 25.7 Å². The maximum absolute atomic E-state index is 15.1. The number of benzene rings is 2. The summed E-state index contributed by atoms with van der Waals surface area (Å²) in [7, 11) is 0. The molecule has 0 spiro atoms. The number of nitrogens with zero attached hydrogens (tertiary/aromatic N) is 1. The van der Waals surface area contributed by atoms with E-state index < -0.39 is 47.7 Å². The number of aromatic nitrogens is 1. The summed E-state index contributed by atoms with van der Waals surface area (Å²) in [5.41, 5.74) is -1.16. The second kappa shape index (κ2) is 16.8. The summed E-state index contributed by atoms with van der Waals surface area (Å²) >= 11 is 6.09. The van der Waals surface area contributed by atoms with Gasteiger partial charge in [0.2, 0.25) is 5.91 Å². The van der Waals surface area contributed by atoms with Crippen molar-refractivity contribution in [3.05, 3.63) is 94.5 Å². The second-order valence-corrected chi connectivity index (χ2v) is 12.3. The highest BCUT2D eigenvalue weighted by Crippen LogP contribution is 2.37. The minimum absolute atomic E-state index is 0.0650. The fourth-order valence-electron chi connectivity index (χ4n) is 5.82. The third-order valence-corrected chi connectivity index (χ3v) is 8.40. The molecule has 3 amide bonds. The van der Waals surface area contributed by atoms with E-state index in [0.717, 1.165) is 12.1 Å². The van der Waals surface area contributed by atoms with Gasteiger partial charge in [0.05, 0.1) is 10.7 Å². The summed E-state index contributed by atoms with van der Waals surface area (Å²) < 4.78 is 73.2. The lowest BCUT2D eigenvalue weighted by Gasteiger charge is -2.36. The Morgan fingerprint density at radius 2 is 1.78 bits per heavy atom. The number of urea groups is 1. The van der Waals surface area contributed by atoms with Crippen LogP contribution in [-0.4, -0.2) is 53.1 Å². The molecule has 3 atom stereocenters. The van der Waals surface area contributed by atoms with E-state index in [0.29, 0.717) is 56.7 Å². The van der Waals surface area contributed by atoms with Gasteiger partial charge in [-0.2, -0.15) is 17.6 Å². The topological polar surface area (TPSA) is 130 Å². The average molecular weight is 711 g/mol. The van der Waals surface area contributed by atoms with Crippen molar-refractivity contribution in [1.29, 1.82) is 0 Å². The Hall–Kier alpha value is -4.46. The molecular formula is C34H36ClF5N4O5. The number of halogens is 6. The molecule has 3 aromatic rings. The first-order valence-corrected chi connectivity index (χ1v) is 16.1. The number of carboxylic acid groups (broad SMARTS) is 1. The van der Waals surface area contributed by atoms with E-state index in [1.165, 1.54) is 18.3 Å². The number of ether oxygens (including phenoxy) is 1. The van der Waals surface area contributed by atoms with E-state index in [1.807, 2.05) is 0 Å². The van der Waals surface area contributed by atoms with Crippen molar-refractivity contribution in [2.45, 2.75) is 75.5 Å². The molecule has 1 fully saturated rings. The van der Waals surface area contributed by atoms with Gasteiger partial charge in [-0.15, -0.1) is 0 Å². The number of alkyl halides is 4. The zero-order valence-electron chi connectivity index (χ0n) is 26.2. The van der Waals surface area contributed by atoms with Gasteiger partial charge < -0.3 is 25.8 Å². The first-order valence-electron chi connectivity index (χ1n) is 15.7. The number of carboxylic acids is 1. The highest BCUT2D eigenvalue weighted by atomic mass is 35.5. The normalized spacial score (nSPS) is 17.3. The average Bonchev–Trinajstić information content (AvgIpc) is 3.50. The molecule has 1 saturated carbocycles. The lowest BCUT2D eigenvalue weighted by molar-refractivity contribution is -0.253. The monoisotopic (exact) mass is 710 g/mol. The molecule has 4 N–H and O–H groups in total. The Labute approximate surface area is 284 Å². The van der Waals surface area contributed by atoms with Gasteiger partial charge in [0.1, 0.15) is 17.1 Å². The summed E-state index contributed by atoms with van der Waals surface area (Å²) in [4.78, 5) is 41.5. The molecule has 1 heterocycles. The van der Waals surface area contributed by atoms with Crippen molar-refractivity contribution in [3.63, 3.8) is 0 Å². The standard InChI is InChI=1S/C34H36ClF5N4O5/c35-24-11-13-28(42-20-24)33(19-21-7-3-1-4-8-21,23-16-25(36)18-27(17-23)49-34(39,40)31(37)38)44-32(48)43-26-12-10-22(15-26)30(47)41-14-6-2-5-9-29(45)46/h1,3-4,7-8,11,13,16-18,20,22,26,31H,2,5-6,9-10,12,14-15,19H2,(H,41,47)(H,45,46)(H2,43,44,48)/t22-,26+,33-/m0/s1. The number of pyridine rings is 1. The first-order chi connectivity index (χ1) is 23.3. The first kappa shape index (κ1) is 37.4. The van der Waals surface area contributed by atoms with Gasteiger partial charge in [0.25, 0.3) is 0 Å². The molecule has 9 nitrogen and oxygen atoms in total. The van der Waals surface area contributed by atoms with Crippen molar-refractivity contribution >= 4 is 29.5 Å². The van der Waals surface area contributed by atoms with Gasteiger partial charge in [-0.3, -0.25) is 14.6 Å². The number of unbranched alkanes of at least 4 members (excludes halogenated alkanes) is 2. The van der Waals surface area contributed by atoms with Crippen LogP contribution in [0.15, 0.2) is 66.9 Å². The van der Waals surface area contributed by atoms with E-state index in [9.17, 15) is 31.9 Å². The molecule has 1 aromatic heterocycles. The van der Waals surface area contributed by atoms with Crippen molar-refractivity contribution < 1.29 is 46.2 Å². The summed E-state index contributed by atoms with van der Waals surface area (Å²) in [6.07, 6.45) is -4.79. The van der Waals surface area contributed by atoms with Crippen molar-refractivity contribution in [1.82, 2.24) is 20.9 Å². The van der Waals surface area contributed by atoms with E-state index in [-0.39, 0.29) is 40.9 Å². The third kappa shape index (κ3) is 10.5. The Morgan fingerprint density at radius 1 is 1.02 bits per heavy atom. The van der Waals surface area contributed by atoms with Crippen molar-refractivity contribution in [2.24, 2.45) is 5.92 Å². The summed E-state index contributed by atoms with van der Waals surface area (Å²) in [5.74, 6) is -3.43. The SMILES string of the molecule is O=C(O)CCCCCNC(=O)[C@H]1CC[C@@H](NC(=O)N[C@@](Cc2ccccc2)(c2cc(F)cc(OC(F)(F)C(F)F)c2)c2ccc(Cl)cn2)C1. The Kier molecular flexibility index (Phi) is 12.8. The molecule has 264 valence electrons. The van der Waals surface area contributed by atoms with Crippen LogP contribution in [0.4, 0.5) is 26.7 Å². The molecule has 4 rings (SSSR count). The third-order valence-electron chi connectivity index (χ3n) is 8.18. The van der Waals surface area contributed by atoms with Crippen LogP contribution in [0.5, 0.6) is 5.75 Å². The van der Waals surface area contributed by atoms with Crippen LogP contribution >= 0.6 is 11.6 Å². The molecule has 15 heteroatoms. The zero-order chi connectivity index (χ0) is 35.6. The van der Waals surface area contributed by atoms with Crippen LogP contribution in [0, 0.1) is 11.7 Å². The van der Waals surface area contributed by atoms with Crippen molar-refractivity contribution in [2.75, 3.05) is 6.54 Å². The zero-order valence-corrected chi connectivity index (χ0v) is 27.0. The molecule has 49 heavy (non-hydrogen) atoms. The largest absolute Gasteiger partial charge is 0.481 e. The molecule has 1 aliphatic carbocycles. The molecule has 0 saturated heterocycles. The number of hydrogen-bond acceptors (Lipinski definition) is 5. The van der Waals surface area contributed by atoms with Crippen LogP contribution in [0.25, 0.3) is 0 Å².